The number of pyridine rings is 1. The van der Waals surface area contributed by atoms with Gasteiger partial charge >= 0.3 is 11.7 Å². The molecule has 1 aliphatic rings. The molecule has 1 saturated heterocycles. The zero-order valence-electron chi connectivity index (χ0n) is 10.0. The molecule has 1 fully saturated rings. The lowest BCUT2D eigenvalue weighted by atomic mass is 10.1. The van der Waals surface area contributed by atoms with Crippen LogP contribution in [0.3, 0.4) is 0 Å². The summed E-state index contributed by atoms with van der Waals surface area (Å²) in [6.45, 7) is 1.09. The molecule has 0 bridgehead atoms. The molecule has 0 atom stereocenters. The van der Waals surface area contributed by atoms with Gasteiger partial charge in [0.15, 0.2) is 0 Å². The fourth-order valence-electron chi connectivity index (χ4n) is 2.02. The van der Waals surface area contributed by atoms with Crippen molar-refractivity contribution in [3.8, 4) is 0 Å². The number of nitro groups is 1. The van der Waals surface area contributed by atoms with E-state index in [-0.39, 0.29) is 11.7 Å². The summed E-state index contributed by atoms with van der Waals surface area (Å²) in [5, 5.41) is 29.1. The zero-order valence-corrected chi connectivity index (χ0v) is 10.0. The predicted molar refractivity (Wildman–Crippen MR) is 65.3 cm³/mol. The van der Waals surface area contributed by atoms with Gasteiger partial charge in [0.05, 0.1) is 11.0 Å². The number of hydrogen-bond acceptors (Lipinski definition) is 6. The van der Waals surface area contributed by atoms with Gasteiger partial charge in [-0.15, -0.1) is 0 Å². The number of aromatic nitrogens is 1. The highest BCUT2D eigenvalue weighted by Crippen LogP contribution is 2.24. The number of rotatable bonds is 3. The van der Waals surface area contributed by atoms with Crippen LogP contribution in [0, 0.1) is 10.1 Å². The first-order valence-electron chi connectivity index (χ1n) is 5.80. The smallest absolute Gasteiger partial charge is 0.342 e. The molecule has 2 N–H and O–H groups in total. The van der Waals surface area contributed by atoms with Gasteiger partial charge in [-0.3, -0.25) is 10.1 Å². The Labute approximate surface area is 108 Å². The van der Waals surface area contributed by atoms with Gasteiger partial charge in [-0.2, -0.15) is 0 Å². The molecular weight excluding hydrogens is 254 g/mol. The van der Waals surface area contributed by atoms with E-state index < -0.39 is 16.6 Å². The van der Waals surface area contributed by atoms with Crippen molar-refractivity contribution in [2.75, 3.05) is 18.0 Å². The Balaban J connectivity index is 2.30. The Bertz CT molecular complexity index is 511. The fourth-order valence-corrected chi connectivity index (χ4v) is 2.02. The zero-order chi connectivity index (χ0) is 14.0. The van der Waals surface area contributed by atoms with E-state index in [1.165, 1.54) is 6.07 Å². The van der Waals surface area contributed by atoms with Crippen LogP contribution in [0.1, 0.15) is 23.2 Å². The largest absolute Gasteiger partial charge is 0.477 e. The van der Waals surface area contributed by atoms with Crippen molar-refractivity contribution in [3.63, 3.8) is 0 Å². The number of carbonyl (C=O) groups is 1. The van der Waals surface area contributed by atoms with Crippen LogP contribution in [0.4, 0.5) is 11.5 Å². The summed E-state index contributed by atoms with van der Waals surface area (Å²) in [5.74, 6) is -0.970. The third kappa shape index (κ3) is 2.79. The van der Waals surface area contributed by atoms with Crippen LogP contribution in [0.15, 0.2) is 12.3 Å². The van der Waals surface area contributed by atoms with Crippen molar-refractivity contribution in [1.82, 2.24) is 4.98 Å². The van der Waals surface area contributed by atoms with E-state index in [0.717, 1.165) is 6.20 Å². The van der Waals surface area contributed by atoms with Crippen molar-refractivity contribution in [2.45, 2.75) is 18.9 Å². The number of anilines is 1. The van der Waals surface area contributed by atoms with Crippen molar-refractivity contribution in [1.29, 1.82) is 0 Å². The Morgan fingerprint density at radius 1 is 1.47 bits per heavy atom. The average Bonchev–Trinajstić information content (AvgIpc) is 2.38. The number of aliphatic hydroxyl groups is 1. The van der Waals surface area contributed by atoms with Gasteiger partial charge in [-0.05, 0) is 12.8 Å². The van der Waals surface area contributed by atoms with Crippen molar-refractivity contribution in [3.05, 3.63) is 27.9 Å². The molecule has 19 heavy (non-hydrogen) atoms. The molecule has 8 heteroatoms. The second-order valence-electron chi connectivity index (χ2n) is 4.34. The van der Waals surface area contributed by atoms with Gasteiger partial charge in [0.2, 0.25) is 0 Å². The Hall–Kier alpha value is -2.22. The van der Waals surface area contributed by atoms with Crippen molar-refractivity contribution < 1.29 is 19.9 Å². The number of aromatic carboxylic acids is 1. The van der Waals surface area contributed by atoms with E-state index in [2.05, 4.69) is 4.98 Å². The molecule has 0 radical (unpaired) electrons. The first-order chi connectivity index (χ1) is 8.99. The average molecular weight is 267 g/mol. The summed E-state index contributed by atoms with van der Waals surface area (Å²) < 4.78 is 0. The number of aliphatic hydroxyl groups excluding tert-OH is 1. The number of carboxylic acids is 1. The maximum absolute atomic E-state index is 11.0. The number of carboxylic acid groups (broad SMARTS) is 1. The molecular formula is C11H13N3O5. The molecule has 0 aromatic carbocycles. The normalized spacial score (nSPS) is 16.4. The van der Waals surface area contributed by atoms with E-state index >= 15 is 0 Å². The van der Waals surface area contributed by atoms with Gasteiger partial charge in [0.1, 0.15) is 17.6 Å². The Morgan fingerprint density at radius 3 is 2.63 bits per heavy atom. The van der Waals surface area contributed by atoms with Crippen LogP contribution in [-0.4, -0.2) is 45.3 Å². The lowest BCUT2D eigenvalue weighted by Crippen LogP contribution is -2.36. The van der Waals surface area contributed by atoms with E-state index in [9.17, 15) is 20.0 Å². The molecule has 1 aliphatic heterocycles. The molecule has 0 aliphatic carbocycles. The number of nitrogens with zero attached hydrogens (tertiary/aromatic N) is 3. The van der Waals surface area contributed by atoms with Gasteiger partial charge < -0.3 is 15.1 Å². The maximum atomic E-state index is 11.0. The van der Waals surface area contributed by atoms with Crippen molar-refractivity contribution in [2.24, 2.45) is 0 Å². The van der Waals surface area contributed by atoms with E-state index in [1.807, 2.05) is 4.90 Å². The van der Waals surface area contributed by atoms with Gasteiger partial charge in [0.25, 0.3) is 0 Å². The number of hydrogen-bond donors (Lipinski definition) is 2. The first-order valence-corrected chi connectivity index (χ1v) is 5.80. The fraction of sp³-hybridized carbons (Fsp3) is 0.455. The third-order valence-electron chi connectivity index (χ3n) is 3.08. The second-order valence-corrected chi connectivity index (χ2v) is 4.34. The van der Waals surface area contributed by atoms with Crippen molar-refractivity contribution >= 4 is 17.5 Å². The van der Waals surface area contributed by atoms with Crippen LogP contribution < -0.4 is 4.90 Å². The Kier molecular flexibility index (Phi) is 3.61. The minimum absolute atomic E-state index is 0.353. The molecule has 0 amide bonds. The minimum atomic E-state index is -1.35. The summed E-state index contributed by atoms with van der Waals surface area (Å²) in [6.07, 6.45) is 1.75. The highest BCUT2D eigenvalue weighted by Gasteiger charge is 2.24. The summed E-state index contributed by atoms with van der Waals surface area (Å²) in [5.41, 5.74) is -0.894. The molecule has 8 nitrogen and oxygen atoms in total. The summed E-state index contributed by atoms with van der Waals surface area (Å²) in [7, 11) is 0. The molecule has 2 rings (SSSR count). The maximum Gasteiger partial charge on any atom is 0.342 e. The molecule has 1 aromatic heterocycles. The number of piperidine rings is 1. The van der Waals surface area contributed by atoms with Crippen LogP contribution >= 0.6 is 0 Å². The van der Waals surface area contributed by atoms with E-state index in [0.29, 0.717) is 31.7 Å². The van der Waals surface area contributed by atoms with Crippen LogP contribution in [-0.2, 0) is 0 Å². The topological polar surface area (TPSA) is 117 Å². The van der Waals surface area contributed by atoms with E-state index in [1.54, 1.807) is 0 Å². The third-order valence-corrected chi connectivity index (χ3v) is 3.08. The predicted octanol–water partition coefficient (Wildman–Crippen LogP) is 0.649. The monoisotopic (exact) mass is 267 g/mol. The molecule has 102 valence electrons. The first kappa shape index (κ1) is 13.2. The highest BCUT2D eigenvalue weighted by atomic mass is 16.6. The summed E-state index contributed by atoms with van der Waals surface area (Å²) in [4.78, 5) is 26.7. The lowest BCUT2D eigenvalue weighted by Gasteiger charge is -2.30. The molecule has 0 spiro atoms. The highest BCUT2D eigenvalue weighted by molar-refractivity contribution is 5.93. The standard InChI is InChI=1S/C11H13N3O5/c15-7-1-3-13(4-2-7)10-5-8(11(16)17)9(6-12-10)14(18)19/h5-7,15H,1-4H2,(H,16,17). The Morgan fingerprint density at radius 2 is 2.11 bits per heavy atom. The van der Waals surface area contributed by atoms with E-state index in [4.69, 9.17) is 5.11 Å². The lowest BCUT2D eigenvalue weighted by molar-refractivity contribution is -0.385. The van der Waals surface area contributed by atoms with Gasteiger partial charge in [-0.25, -0.2) is 9.78 Å². The quantitative estimate of drug-likeness (QED) is 0.609. The van der Waals surface area contributed by atoms with Gasteiger partial charge in [-0.1, -0.05) is 0 Å². The molecule has 0 unspecified atom stereocenters. The molecule has 0 saturated carbocycles. The molecule has 2 heterocycles. The summed E-state index contributed by atoms with van der Waals surface area (Å²) >= 11 is 0. The second kappa shape index (κ2) is 5.19. The summed E-state index contributed by atoms with van der Waals surface area (Å²) in [6, 6.07) is 1.21. The minimum Gasteiger partial charge on any atom is -0.477 e. The van der Waals surface area contributed by atoms with Crippen LogP contribution in [0.2, 0.25) is 0 Å². The molecule has 1 aromatic rings. The van der Waals surface area contributed by atoms with Crippen LogP contribution in [0.5, 0.6) is 0 Å². The van der Waals surface area contributed by atoms with Gasteiger partial charge in [0, 0.05) is 19.2 Å². The van der Waals surface area contributed by atoms with Crippen LogP contribution in [0.25, 0.3) is 0 Å². The SMILES string of the molecule is O=C(O)c1cc(N2CCC(O)CC2)ncc1[N+](=O)[O-].